The monoisotopic (exact) mass is 413 g/mol. The number of anilines is 1. The van der Waals surface area contributed by atoms with Gasteiger partial charge < -0.3 is 9.26 Å². The van der Waals surface area contributed by atoms with Crippen LogP contribution in [0.2, 0.25) is 0 Å². The second kappa shape index (κ2) is 9.00. The number of rotatable bonds is 7. The lowest BCUT2D eigenvalue weighted by Gasteiger charge is -2.20. The summed E-state index contributed by atoms with van der Waals surface area (Å²) in [6, 6.07) is 9.89. The number of benzene rings is 1. The third kappa shape index (κ3) is 4.54. The number of aryl methyl sites for hydroxylation is 3. The number of carbonyl (C=O) groups excluding carboxylic acids is 2. The van der Waals surface area contributed by atoms with Gasteiger partial charge in [0.1, 0.15) is 11.3 Å². The molecule has 0 fully saturated rings. The molecule has 0 spiro atoms. The molecule has 2 aromatic heterocycles. The number of thiazole rings is 1. The lowest BCUT2D eigenvalue weighted by molar-refractivity contribution is 0.0519. The average molecular weight is 413 g/mol. The summed E-state index contributed by atoms with van der Waals surface area (Å²) >= 11 is 1.29. The molecule has 152 valence electrons. The summed E-state index contributed by atoms with van der Waals surface area (Å²) in [5.41, 5.74) is 2.28. The maximum absolute atomic E-state index is 13.4. The number of aromatic nitrogens is 2. The van der Waals surface area contributed by atoms with Gasteiger partial charge in [0.2, 0.25) is 0 Å². The fourth-order valence-electron chi connectivity index (χ4n) is 2.98. The van der Waals surface area contributed by atoms with Gasteiger partial charge in [0, 0.05) is 11.4 Å². The summed E-state index contributed by atoms with van der Waals surface area (Å²) in [6.07, 6.45) is 0.642. The minimum atomic E-state index is -0.486. The van der Waals surface area contributed by atoms with E-state index < -0.39 is 5.97 Å². The molecule has 0 aliphatic rings. The molecule has 29 heavy (non-hydrogen) atoms. The van der Waals surface area contributed by atoms with Crippen molar-refractivity contribution < 1.29 is 18.8 Å². The van der Waals surface area contributed by atoms with E-state index in [-0.39, 0.29) is 18.2 Å². The van der Waals surface area contributed by atoms with Gasteiger partial charge in [-0.3, -0.25) is 9.69 Å². The number of amides is 1. The molecule has 0 radical (unpaired) electrons. The Balaban J connectivity index is 1.95. The number of ether oxygens (including phenoxy) is 1. The predicted octanol–water partition coefficient (Wildman–Crippen LogP) is 4.12. The largest absolute Gasteiger partial charge is 0.461 e. The fourth-order valence-corrected chi connectivity index (χ4v) is 3.90. The minimum Gasteiger partial charge on any atom is -0.461 e. The third-order valence-electron chi connectivity index (χ3n) is 4.44. The summed E-state index contributed by atoms with van der Waals surface area (Å²) in [5, 5.41) is 4.34. The van der Waals surface area contributed by atoms with Gasteiger partial charge in [-0.25, -0.2) is 9.78 Å². The van der Waals surface area contributed by atoms with Gasteiger partial charge in [-0.1, -0.05) is 35.5 Å². The maximum Gasteiger partial charge on any atom is 0.358 e. The highest BCUT2D eigenvalue weighted by Crippen LogP contribution is 2.29. The van der Waals surface area contributed by atoms with Crippen LogP contribution < -0.4 is 4.90 Å². The first-order valence-corrected chi connectivity index (χ1v) is 10.2. The van der Waals surface area contributed by atoms with E-state index in [1.807, 2.05) is 30.3 Å². The summed E-state index contributed by atoms with van der Waals surface area (Å²) < 4.78 is 10.3. The van der Waals surface area contributed by atoms with E-state index in [2.05, 4.69) is 10.1 Å². The quantitative estimate of drug-likeness (QED) is 0.542. The van der Waals surface area contributed by atoms with E-state index >= 15 is 0 Å². The Morgan fingerprint density at radius 2 is 1.90 bits per heavy atom. The molecule has 1 aromatic carbocycles. The van der Waals surface area contributed by atoms with Crippen molar-refractivity contribution in [3.63, 3.8) is 0 Å². The highest BCUT2D eigenvalue weighted by atomic mass is 32.1. The Morgan fingerprint density at radius 3 is 2.52 bits per heavy atom. The van der Waals surface area contributed by atoms with Crippen molar-refractivity contribution in [1.82, 2.24) is 10.1 Å². The van der Waals surface area contributed by atoms with Crippen LogP contribution in [0.3, 0.4) is 0 Å². The van der Waals surface area contributed by atoms with Crippen LogP contribution >= 0.6 is 11.3 Å². The number of nitrogens with zero attached hydrogens (tertiary/aromatic N) is 3. The van der Waals surface area contributed by atoms with Crippen LogP contribution in [0.25, 0.3) is 0 Å². The zero-order chi connectivity index (χ0) is 21.0. The first kappa shape index (κ1) is 20.7. The third-order valence-corrected chi connectivity index (χ3v) is 5.44. The van der Waals surface area contributed by atoms with E-state index in [0.717, 1.165) is 5.56 Å². The van der Waals surface area contributed by atoms with Crippen molar-refractivity contribution in [2.75, 3.05) is 18.1 Å². The smallest absolute Gasteiger partial charge is 0.358 e. The zero-order valence-electron chi connectivity index (χ0n) is 16.9. The molecule has 0 aliphatic carbocycles. The lowest BCUT2D eigenvalue weighted by atomic mass is 10.1. The molecule has 3 rings (SSSR count). The van der Waals surface area contributed by atoms with Gasteiger partial charge in [0.05, 0.1) is 12.3 Å². The Bertz CT molecular complexity index is 991. The van der Waals surface area contributed by atoms with Gasteiger partial charge in [-0.2, -0.15) is 0 Å². The van der Waals surface area contributed by atoms with Crippen LogP contribution in [-0.2, 0) is 11.2 Å². The van der Waals surface area contributed by atoms with Crippen molar-refractivity contribution in [1.29, 1.82) is 0 Å². The topological polar surface area (TPSA) is 85.5 Å². The normalized spacial score (nSPS) is 10.8. The number of esters is 1. The molecule has 0 unspecified atom stereocenters. The maximum atomic E-state index is 13.4. The molecule has 1 amide bonds. The highest BCUT2D eigenvalue weighted by molar-refractivity contribution is 7.16. The molecule has 0 atom stereocenters. The Morgan fingerprint density at radius 1 is 1.17 bits per heavy atom. The van der Waals surface area contributed by atoms with Crippen molar-refractivity contribution in [3.8, 4) is 0 Å². The average Bonchev–Trinajstić information content (AvgIpc) is 3.25. The van der Waals surface area contributed by atoms with Crippen LogP contribution in [0.5, 0.6) is 0 Å². The van der Waals surface area contributed by atoms with E-state index in [0.29, 0.717) is 40.0 Å². The molecular formula is C21H23N3O4S. The van der Waals surface area contributed by atoms with Crippen molar-refractivity contribution in [3.05, 3.63) is 63.5 Å². The number of hydrogen-bond donors (Lipinski definition) is 0. The molecule has 2 heterocycles. The lowest BCUT2D eigenvalue weighted by Crippen LogP contribution is -2.33. The fraction of sp³-hybridized carbons (Fsp3) is 0.333. The van der Waals surface area contributed by atoms with Crippen LogP contribution in [0.1, 0.15) is 49.7 Å². The Hall–Kier alpha value is -3.00. The van der Waals surface area contributed by atoms with Gasteiger partial charge in [0.25, 0.3) is 5.91 Å². The molecule has 0 N–H and O–H groups in total. The van der Waals surface area contributed by atoms with Gasteiger partial charge in [-0.15, -0.1) is 11.3 Å². The van der Waals surface area contributed by atoms with Crippen LogP contribution in [0.15, 0.2) is 34.9 Å². The molecule has 8 heteroatoms. The van der Waals surface area contributed by atoms with Crippen molar-refractivity contribution >= 4 is 28.3 Å². The van der Waals surface area contributed by atoms with Gasteiger partial charge >= 0.3 is 5.97 Å². The predicted molar refractivity (Wildman–Crippen MR) is 111 cm³/mol. The standard InChI is InChI=1S/C21H23N3O4S/c1-5-27-20(26)18-15(4)29-21(22-18)24(12-11-16-9-7-6-8-10-16)19(25)17-13(2)23-28-14(17)3/h6-10H,5,11-12H2,1-4H3. The van der Waals surface area contributed by atoms with Crippen LogP contribution in [0, 0.1) is 20.8 Å². The summed E-state index contributed by atoms with van der Waals surface area (Å²) in [7, 11) is 0. The molecule has 0 bridgehead atoms. The first-order chi connectivity index (χ1) is 13.9. The second-order valence-electron chi connectivity index (χ2n) is 6.51. The van der Waals surface area contributed by atoms with E-state index in [1.165, 1.54) is 11.3 Å². The van der Waals surface area contributed by atoms with E-state index in [4.69, 9.17) is 9.26 Å². The molecule has 0 saturated carbocycles. The first-order valence-electron chi connectivity index (χ1n) is 9.35. The Kier molecular flexibility index (Phi) is 6.43. The van der Waals surface area contributed by atoms with E-state index in [9.17, 15) is 9.59 Å². The highest BCUT2D eigenvalue weighted by Gasteiger charge is 2.28. The molecule has 0 saturated heterocycles. The summed E-state index contributed by atoms with van der Waals surface area (Å²) in [4.78, 5) is 32.3. The van der Waals surface area contributed by atoms with Gasteiger partial charge in [-0.05, 0) is 39.7 Å². The Labute approximate surface area is 173 Å². The molecule has 0 aliphatic heterocycles. The van der Waals surface area contributed by atoms with Crippen molar-refractivity contribution in [2.45, 2.75) is 34.1 Å². The second-order valence-corrected chi connectivity index (χ2v) is 7.69. The van der Waals surface area contributed by atoms with Crippen molar-refractivity contribution in [2.24, 2.45) is 0 Å². The SMILES string of the molecule is CCOC(=O)c1nc(N(CCc2ccccc2)C(=O)c2c(C)noc2C)sc1C. The van der Waals surface area contributed by atoms with Gasteiger partial charge in [0.15, 0.2) is 10.8 Å². The zero-order valence-corrected chi connectivity index (χ0v) is 17.7. The minimum absolute atomic E-state index is 0.239. The van der Waals surface area contributed by atoms with E-state index in [1.54, 1.807) is 32.6 Å². The molecule has 3 aromatic rings. The molecule has 7 nitrogen and oxygen atoms in total. The number of hydrogen-bond acceptors (Lipinski definition) is 7. The number of carbonyl (C=O) groups is 2. The van der Waals surface area contributed by atoms with Crippen LogP contribution in [0.4, 0.5) is 5.13 Å². The summed E-state index contributed by atoms with van der Waals surface area (Å²) in [6.45, 7) is 7.65. The molecular weight excluding hydrogens is 390 g/mol. The summed E-state index contributed by atoms with van der Waals surface area (Å²) in [5.74, 6) is -0.280. The van der Waals surface area contributed by atoms with Crippen LogP contribution in [-0.4, -0.2) is 35.2 Å².